The zero-order chi connectivity index (χ0) is 10.9. The van der Waals surface area contributed by atoms with Gasteiger partial charge >= 0.3 is 96.6 Å². The van der Waals surface area contributed by atoms with Crippen molar-refractivity contribution in [2.45, 2.75) is 76.3 Å². The van der Waals surface area contributed by atoms with E-state index in [1.807, 2.05) is 0 Å². The molecule has 0 radical (unpaired) electrons. The van der Waals surface area contributed by atoms with Crippen LogP contribution in [0.3, 0.4) is 0 Å². The fourth-order valence-electron chi connectivity index (χ4n) is 2.19. The first-order chi connectivity index (χ1) is 6.68. The van der Waals surface area contributed by atoms with Gasteiger partial charge < -0.3 is 0 Å². The Bertz CT molecular complexity index is 98.6. The molecule has 0 heterocycles. The van der Waals surface area contributed by atoms with Crippen molar-refractivity contribution in [3.8, 4) is 0 Å². The Morgan fingerprint density at radius 2 is 0.929 bits per heavy atom. The third-order valence-corrected chi connectivity index (χ3v) is 21.6. The van der Waals surface area contributed by atoms with E-state index in [-0.39, 0.29) is 0 Å². The van der Waals surface area contributed by atoms with E-state index in [1.165, 1.54) is 38.5 Å². The summed E-state index contributed by atoms with van der Waals surface area (Å²) in [4.78, 5) is 0. The van der Waals surface area contributed by atoms with Gasteiger partial charge in [-0.1, -0.05) is 0 Å². The molecule has 88 valence electrons. The first-order valence-corrected chi connectivity index (χ1v) is 18.8. The molecule has 0 rings (SSSR count). The molecule has 0 N–H and O–H groups in total. The van der Waals surface area contributed by atoms with Crippen LogP contribution in [0.25, 0.3) is 0 Å². The number of hydrogen-bond acceptors (Lipinski definition) is 0. The summed E-state index contributed by atoms with van der Waals surface area (Å²) in [6.45, 7) is 7.02. The van der Waals surface area contributed by atoms with Crippen molar-refractivity contribution in [1.82, 2.24) is 0 Å². The summed E-state index contributed by atoms with van der Waals surface area (Å²) >= 11 is -1.69. The predicted molar refractivity (Wildman–Crippen MR) is 72.2 cm³/mol. The molecular formula is C13H31Bi. The molecule has 0 amide bonds. The Hall–Kier alpha value is 0.883. The number of hydrogen-bond donors (Lipinski definition) is 0. The van der Waals surface area contributed by atoms with Crippen LogP contribution in [0.4, 0.5) is 0 Å². The van der Waals surface area contributed by atoms with Gasteiger partial charge in [0.05, 0.1) is 0 Å². The van der Waals surface area contributed by atoms with Crippen molar-refractivity contribution in [1.29, 1.82) is 0 Å². The maximum absolute atomic E-state index is 2.73. The van der Waals surface area contributed by atoms with Crippen LogP contribution in [0.1, 0.15) is 59.3 Å². The minimum absolute atomic E-state index is 1.41. The second-order valence-corrected chi connectivity index (χ2v) is 25.0. The zero-order valence-corrected chi connectivity index (χ0v) is 14.8. The summed E-state index contributed by atoms with van der Waals surface area (Å²) in [6, 6.07) is 0. The molecule has 1 heteroatoms. The Morgan fingerprint density at radius 1 is 0.643 bits per heavy atom. The first kappa shape index (κ1) is 14.9. The quantitative estimate of drug-likeness (QED) is 0.470. The first-order valence-electron chi connectivity index (χ1n) is 6.68. The molecule has 0 saturated heterocycles. The number of unbranched alkanes of at least 4 members (excludes halogenated alkanes) is 3. The van der Waals surface area contributed by atoms with Gasteiger partial charge in [-0.25, -0.2) is 0 Å². The molecular weight excluding hydrogens is 365 g/mol. The van der Waals surface area contributed by atoms with Crippen molar-refractivity contribution in [2.24, 2.45) is 0 Å². The normalized spacial score (nSPS) is 13.1. The van der Waals surface area contributed by atoms with Crippen LogP contribution in [-0.2, 0) is 0 Å². The molecule has 0 aromatic heterocycles. The van der Waals surface area contributed by atoms with E-state index in [0.29, 0.717) is 0 Å². The molecule has 0 aromatic carbocycles. The van der Waals surface area contributed by atoms with Crippen molar-refractivity contribution in [2.75, 3.05) is 0 Å². The van der Waals surface area contributed by atoms with Gasteiger partial charge in [0.2, 0.25) is 0 Å². The van der Waals surface area contributed by atoms with Crippen LogP contribution in [0.2, 0.25) is 17.0 Å². The fourth-order valence-corrected chi connectivity index (χ4v) is 19.2. The van der Waals surface area contributed by atoms with Gasteiger partial charge in [-0.05, 0) is 0 Å². The molecule has 0 aliphatic rings. The molecule has 0 fully saturated rings. The summed E-state index contributed by atoms with van der Waals surface area (Å²) in [6.07, 6.45) is 8.79. The average molecular weight is 396 g/mol. The topological polar surface area (TPSA) is 0 Å². The molecule has 0 nitrogen and oxygen atoms in total. The molecule has 0 aromatic rings. The molecule has 0 bridgehead atoms. The van der Waals surface area contributed by atoms with Crippen LogP contribution < -0.4 is 0 Å². The monoisotopic (exact) mass is 396 g/mol. The summed E-state index contributed by atoms with van der Waals surface area (Å²) in [5.74, 6) is 0. The maximum atomic E-state index is 2.73. The van der Waals surface area contributed by atoms with Crippen molar-refractivity contribution >= 4 is 20.3 Å². The van der Waals surface area contributed by atoms with Crippen LogP contribution >= 0.6 is 0 Å². The molecule has 0 unspecified atom stereocenters. The second-order valence-electron chi connectivity index (χ2n) is 5.12. The summed E-state index contributed by atoms with van der Waals surface area (Å²) in [7, 11) is 0. The molecule has 0 spiro atoms. The Morgan fingerprint density at radius 3 is 1.14 bits per heavy atom. The van der Waals surface area contributed by atoms with Crippen LogP contribution in [-0.4, -0.2) is 20.3 Å². The Kier molecular flexibility index (Phi) is 9.71. The van der Waals surface area contributed by atoms with Gasteiger partial charge in [-0.15, -0.1) is 0 Å². The third-order valence-electron chi connectivity index (χ3n) is 3.40. The number of rotatable bonds is 9. The summed E-state index contributed by atoms with van der Waals surface area (Å²) in [5.41, 5.74) is 0. The second kappa shape index (κ2) is 9.13. The van der Waals surface area contributed by atoms with E-state index >= 15 is 0 Å². The van der Waals surface area contributed by atoms with Gasteiger partial charge in [-0.2, -0.15) is 0 Å². The minimum atomic E-state index is -1.69. The van der Waals surface area contributed by atoms with Crippen LogP contribution in [0.5, 0.6) is 0 Å². The fraction of sp³-hybridized carbons (Fsp3) is 1.00. The summed E-state index contributed by atoms with van der Waals surface area (Å²) in [5, 5.41) is 0. The molecule has 0 aliphatic carbocycles. The summed E-state index contributed by atoms with van der Waals surface area (Å²) < 4.78 is 7.74. The van der Waals surface area contributed by atoms with Crippen molar-refractivity contribution < 1.29 is 0 Å². The van der Waals surface area contributed by atoms with Gasteiger partial charge in [0.25, 0.3) is 0 Å². The molecule has 0 aliphatic heterocycles. The van der Waals surface area contributed by atoms with E-state index in [1.54, 1.807) is 12.4 Å². The van der Waals surface area contributed by atoms with Gasteiger partial charge in [0.1, 0.15) is 0 Å². The Balaban J connectivity index is 3.89. The van der Waals surface area contributed by atoms with Crippen molar-refractivity contribution in [3.63, 3.8) is 0 Å². The molecule has 0 atom stereocenters. The predicted octanol–water partition coefficient (Wildman–Crippen LogP) is 5.20. The van der Waals surface area contributed by atoms with Crippen LogP contribution in [0, 0.1) is 0 Å². The third kappa shape index (κ3) is 7.21. The zero-order valence-electron chi connectivity index (χ0n) is 10.9. The van der Waals surface area contributed by atoms with E-state index in [9.17, 15) is 0 Å². The Labute approximate surface area is 96.3 Å². The standard InChI is InChI=1S/3C4H9.CH3.Bi.H/c3*1-3-4-2;;;/h3*1,3-4H2,2H3;1H3;;. The molecule has 14 heavy (non-hydrogen) atoms. The molecule has 0 saturated carbocycles. The van der Waals surface area contributed by atoms with Gasteiger partial charge in [0, 0.05) is 0 Å². The van der Waals surface area contributed by atoms with E-state index in [2.05, 4.69) is 25.4 Å². The van der Waals surface area contributed by atoms with E-state index in [4.69, 9.17) is 0 Å². The van der Waals surface area contributed by atoms with Crippen LogP contribution in [0.15, 0.2) is 0 Å². The SMILES string of the molecule is CCC[CH2][BiH]([CH3])([CH2]CCC)[CH2]CCC. The average Bonchev–Trinajstić information content (AvgIpc) is 2.21. The van der Waals surface area contributed by atoms with E-state index in [0.717, 1.165) is 0 Å². The van der Waals surface area contributed by atoms with Crippen molar-refractivity contribution in [3.05, 3.63) is 0 Å². The van der Waals surface area contributed by atoms with Gasteiger partial charge in [-0.3, -0.25) is 0 Å². The van der Waals surface area contributed by atoms with E-state index < -0.39 is 20.3 Å². The van der Waals surface area contributed by atoms with Gasteiger partial charge in [0.15, 0.2) is 0 Å².